The molecule has 1 saturated heterocycles. The molecule has 1 saturated carbocycles. The summed E-state index contributed by atoms with van der Waals surface area (Å²) < 4.78 is 38.4. The molecule has 0 bridgehead atoms. The van der Waals surface area contributed by atoms with Crippen molar-refractivity contribution in [2.45, 2.75) is 56.8 Å². The minimum atomic E-state index is -4.00. The molecule has 1 heterocycles. The maximum absolute atomic E-state index is 12.8. The number of piperidine rings is 1. The van der Waals surface area contributed by atoms with E-state index in [0.717, 1.165) is 38.8 Å². The van der Waals surface area contributed by atoms with Crippen molar-refractivity contribution >= 4 is 0 Å². The first-order chi connectivity index (χ1) is 8.50. The van der Waals surface area contributed by atoms with Crippen LogP contribution in [0.4, 0.5) is 13.2 Å². The number of alkyl halides is 3. The summed E-state index contributed by atoms with van der Waals surface area (Å²) in [5.41, 5.74) is 0. The monoisotopic (exact) mass is 264 g/mol. The van der Waals surface area contributed by atoms with Crippen LogP contribution in [0.1, 0.15) is 38.5 Å². The van der Waals surface area contributed by atoms with E-state index in [1.165, 1.54) is 0 Å². The van der Waals surface area contributed by atoms with E-state index in [0.29, 0.717) is 18.9 Å². The Bertz CT molecular complexity index is 267. The number of nitrogens with one attached hydrogen (secondary N) is 1. The average Bonchev–Trinajstić information content (AvgIpc) is 2.38. The van der Waals surface area contributed by atoms with E-state index in [4.69, 9.17) is 0 Å². The Labute approximate surface area is 107 Å². The van der Waals surface area contributed by atoms with Gasteiger partial charge in [-0.2, -0.15) is 13.2 Å². The van der Waals surface area contributed by atoms with Crippen LogP contribution < -0.4 is 5.32 Å². The molecule has 18 heavy (non-hydrogen) atoms. The SMILES string of the molecule is CNC1CCCN(C2CCCC(C(F)(F)F)C2)C1. The van der Waals surface area contributed by atoms with Crippen molar-refractivity contribution in [3.63, 3.8) is 0 Å². The predicted octanol–water partition coefficient (Wildman–Crippen LogP) is 2.79. The zero-order valence-electron chi connectivity index (χ0n) is 11.0. The first-order valence-corrected chi connectivity index (χ1v) is 6.98. The maximum atomic E-state index is 12.8. The van der Waals surface area contributed by atoms with Gasteiger partial charge in [-0.15, -0.1) is 0 Å². The van der Waals surface area contributed by atoms with Crippen LogP contribution in [0.2, 0.25) is 0 Å². The van der Waals surface area contributed by atoms with Crippen molar-refractivity contribution < 1.29 is 13.2 Å². The Balaban J connectivity index is 1.92. The van der Waals surface area contributed by atoms with Crippen LogP contribution in [0.25, 0.3) is 0 Å². The molecule has 106 valence electrons. The van der Waals surface area contributed by atoms with Crippen molar-refractivity contribution in [2.75, 3.05) is 20.1 Å². The van der Waals surface area contributed by atoms with Gasteiger partial charge in [-0.1, -0.05) is 6.42 Å². The summed E-state index contributed by atoms with van der Waals surface area (Å²) in [4.78, 5) is 2.28. The van der Waals surface area contributed by atoms with Gasteiger partial charge in [0.2, 0.25) is 0 Å². The molecular weight excluding hydrogens is 241 g/mol. The van der Waals surface area contributed by atoms with Crippen LogP contribution in [0.5, 0.6) is 0 Å². The van der Waals surface area contributed by atoms with Gasteiger partial charge in [-0.05, 0) is 45.7 Å². The topological polar surface area (TPSA) is 15.3 Å². The normalized spacial score (nSPS) is 35.7. The fourth-order valence-electron chi connectivity index (χ4n) is 3.37. The smallest absolute Gasteiger partial charge is 0.316 e. The summed E-state index contributed by atoms with van der Waals surface area (Å²) in [7, 11) is 1.94. The molecule has 1 N–H and O–H groups in total. The highest BCUT2D eigenvalue weighted by molar-refractivity contribution is 4.87. The molecule has 2 fully saturated rings. The molecule has 5 heteroatoms. The van der Waals surface area contributed by atoms with Gasteiger partial charge in [-0.25, -0.2) is 0 Å². The van der Waals surface area contributed by atoms with Gasteiger partial charge in [0.1, 0.15) is 0 Å². The van der Waals surface area contributed by atoms with Crippen LogP contribution in [0.3, 0.4) is 0 Å². The van der Waals surface area contributed by atoms with Crippen molar-refractivity contribution in [1.82, 2.24) is 10.2 Å². The number of nitrogens with zero attached hydrogens (tertiary/aromatic N) is 1. The van der Waals surface area contributed by atoms with Gasteiger partial charge >= 0.3 is 6.18 Å². The summed E-state index contributed by atoms with van der Waals surface area (Å²) in [5.74, 6) is -1.08. The van der Waals surface area contributed by atoms with E-state index in [1.54, 1.807) is 0 Å². The van der Waals surface area contributed by atoms with E-state index in [1.807, 2.05) is 7.05 Å². The van der Waals surface area contributed by atoms with E-state index in [9.17, 15) is 13.2 Å². The van der Waals surface area contributed by atoms with E-state index >= 15 is 0 Å². The number of halogens is 3. The molecule has 0 aromatic rings. The first-order valence-electron chi connectivity index (χ1n) is 6.98. The first kappa shape index (κ1) is 14.1. The second kappa shape index (κ2) is 5.78. The Kier molecular flexibility index (Phi) is 4.54. The third-order valence-corrected chi connectivity index (χ3v) is 4.49. The molecule has 0 spiro atoms. The van der Waals surface area contributed by atoms with Crippen molar-refractivity contribution in [1.29, 1.82) is 0 Å². The number of likely N-dealkylation sites (N-methyl/N-ethyl adjacent to an activating group) is 1. The molecular formula is C13H23F3N2. The summed E-state index contributed by atoms with van der Waals surface area (Å²) in [6.07, 6.45) is 0.514. The summed E-state index contributed by atoms with van der Waals surface area (Å²) in [6, 6.07) is 0.589. The summed E-state index contributed by atoms with van der Waals surface area (Å²) in [5, 5.41) is 3.25. The van der Waals surface area contributed by atoms with Crippen molar-refractivity contribution in [2.24, 2.45) is 5.92 Å². The molecule has 0 aromatic heterocycles. The van der Waals surface area contributed by atoms with Crippen LogP contribution in [0.15, 0.2) is 0 Å². The van der Waals surface area contributed by atoms with Gasteiger partial charge in [0.25, 0.3) is 0 Å². The van der Waals surface area contributed by atoms with E-state index in [-0.39, 0.29) is 6.04 Å². The largest absolute Gasteiger partial charge is 0.391 e. The van der Waals surface area contributed by atoms with Gasteiger partial charge in [0, 0.05) is 18.6 Å². The minimum Gasteiger partial charge on any atom is -0.316 e. The molecule has 0 aromatic carbocycles. The molecule has 2 rings (SSSR count). The predicted molar refractivity (Wildman–Crippen MR) is 65.5 cm³/mol. The van der Waals surface area contributed by atoms with Gasteiger partial charge in [0.05, 0.1) is 5.92 Å². The fourth-order valence-corrected chi connectivity index (χ4v) is 3.37. The van der Waals surface area contributed by atoms with Gasteiger partial charge in [-0.3, -0.25) is 4.90 Å². The number of hydrogen-bond acceptors (Lipinski definition) is 2. The Morgan fingerprint density at radius 1 is 1.11 bits per heavy atom. The second-order valence-electron chi connectivity index (χ2n) is 5.68. The lowest BCUT2D eigenvalue weighted by atomic mass is 9.83. The minimum absolute atomic E-state index is 0.140. The van der Waals surface area contributed by atoms with E-state index in [2.05, 4.69) is 10.2 Å². The molecule has 1 aliphatic heterocycles. The Hall–Kier alpha value is -0.290. The van der Waals surface area contributed by atoms with Crippen LogP contribution in [-0.4, -0.2) is 43.3 Å². The van der Waals surface area contributed by atoms with Crippen molar-refractivity contribution in [3.8, 4) is 0 Å². The fraction of sp³-hybridized carbons (Fsp3) is 1.00. The molecule has 0 radical (unpaired) electrons. The van der Waals surface area contributed by atoms with E-state index < -0.39 is 12.1 Å². The average molecular weight is 264 g/mol. The maximum Gasteiger partial charge on any atom is 0.391 e. The lowest BCUT2D eigenvalue weighted by Gasteiger charge is -2.42. The highest BCUT2D eigenvalue weighted by Gasteiger charge is 2.43. The second-order valence-corrected chi connectivity index (χ2v) is 5.68. The highest BCUT2D eigenvalue weighted by Crippen LogP contribution is 2.39. The van der Waals surface area contributed by atoms with Gasteiger partial charge < -0.3 is 5.32 Å². The quantitative estimate of drug-likeness (QED) is 0.825. The Morgan fingerprint density at radius 3 is 2.56 bits per heavy atom. The Morgan fingerprint density at radius 2 is 1.89 bits per heavy atom. The molecule has 2 nitrogen and oxygen atoms in total. The standard InChI is InChI=1S/C13H23F3N2/c1-17-11-5-3-7-18(9-11)12-6-2-4-10(8-12)13(14,15)16/h10-12,17H,2-9H2,1H3. The lowest BCUT2D eigenvalue weighted by Crippen LogP contribution is -2.50. The number of hydrogen-bond donors (Lipinski definition) is 1. The zero-order valence-corrected chi connectivity index (χ0v) is 11.0. The summed E-state index contributed by atoms with van der Waals surface area (Å²) in [6.45, 7) is 1.87. The lowest BCUT2D eigenvalue weighted by molar-refractivity contribution is -0.187. The van der Waals surface area contributed by atoms with Crippen LogP contribution >= 0.6 is 0 Å². The van der Waals surface area contributed by atoms with Gasteiger partial charge in [0.15, 0.2) is 0 Å². The molecule has 1 aliphatic carbocycles. The number of likely N-dealkylation sites (tertiary alicyclic amines) is 1. The molecule has 2 aliphatic rings. The van der Waals surface area contributed by atoms with Crippen LogP contribution in [-0.2, 0) is 0 Å². The zero-order chi connectivity index (χ0) is 13.2. The summed E-state index contributed by atoms with van der Waals surface area (Å²) >= 11 is 0. The van der Waals surface area contributed by atoms with Crippen molar-refractivity contribution in [3.05, 3.63) is 0 Å². The van der Waals surface area contributed by atoms with Crippen LogP contribution in [0, 0.1) is 5.92 Å². The highest BCUT2D eigenvalue weighted by atomic mass is 19.4. The molecule has 3 atom stereocenters. The third kappa shape index (κ3) is 3.38. The number of rotatable bonds is 2. The third-order valence-electron chi connectivity index (χ3n) is 4.49. The molecule has 0 amide bonds. The molecule has 3 unspecified atom stereocenters.